The minimum absolute atomic E-state index is 0.0362. The maximum absolute atomic E-state index is 12.4. The molecule has 6 heteroatoms. The van der Waals surface area contributed by atoms with Crippen molar-refractivity contribution >= 4 is 40.1 Å². The second kappa shape index (κ2) is 8.94. The number of fused-ring (bicyclic) bond motifs is 1. The summed E-state index contributed by atoms with van der Waals surface area (Å²) in [4.78, 5) is 14.0. The van der Waals surface area contributed by atoms with Gasteiger partial charge in [-0.15, -0.1) is 0 Å². The van der Waals surface area contributed by atoms with Gasteiger partial charge in [0.15, 0.2) is 0 Å². The van der Waals surface area contributed by atoms with Crippen molar-refractivity contribution in [3.05, 3.63) is 45.9 Å². The number of aliphatic hydroxyl groups is 1. The van der Waals surface area contributed by atoms with Crippen molar-refractivity contribution < 1.29 is 14.6 Å². The molecule has 0 aliphatic carbocycles. The highest BCUT2D eigenvalue weighted by Gasteiger charge is 2.21. The van der Waals surface area contributed by atoms with Crippen LogP contribution < -0.4 is 0 Å². The van der Waals surface area contributed by atoms with Crippen LogP contribution in [0.3, 0.4) is 0 Å². The molecular formula is C20H25Cl2NO3. The van der Waals surface area contributed by atoms with Crippen LogP contribution in [0, 0.1) is 0 Å². The first kappa shape index (κ1) is 20.8. The molecule has 26 heavy (non-hydrogen) atoms. The molecule has 0 unspecified atom stereocenters. The largest absolute Gasteiger partial charge is 0.444 e. The Hall–Kier alpha value is -1.49. The van der Waals surface area contributed by atoms with Crippen molar-refractivity contribution in [1.82, 2.24) is 4.90 Å². The molecule has 1 amide bonds. The Morgan fingerprint density at radius 1 is 1.08 bits per heavy atom. The molecule has 0 saturated carbocycles. The van der Waals surface area contributed by atoms with Crippen LogP contribution in [-0.4, -0.2) is 41.4 Å². The van der Waals surface area contributed by atoms with E-state index in [-0.39, 0.29) is 12.7 Å². The Balaban J connectivity index is 2.10. The molecule has 0 atom stereocenters. The molecular weight excluding hydrogens is 373 g/mol. The van der Waals surface area contributed by atoms with E-state index in [0.29, 0.717) is 36.0 Å². The van der Waals surface area contributed by atoms with Gasteiger partial charge in [0.05, 0.1) is 10.0 Å². The first-order valence-electron chi connectivity index (χ1n) is 8.66. The fraction of sp³-hybridized carbons (Fsp3) is 0.450. The van der Waals surface area contributed by atoms with Crippen LogP contribution in [0.25, 0.3) is 10.8 Å². The van der Waals surface area contributed by atoms with E-state index >= 15 is 0 Å². The topological polar surface area (TPSA) is 49.8 Å². The van der Waals surface area contributed by atoms with Crippen LogP contribution >= 0.6 is 23.2 Å². The average molecular weight is 398 g/mol. The lowest BCUT2D eigenvalue weighted by atomic mass is 10.0. The van der Waals surface area contributed by atoms with E-state index in [1.54, 1.807) is 4.90 Å². The molecule has 0 spiro atoms. The number of rotatable bonds is 6. The van der Waals surface area contributed by atoms with Crippen molar-refractivity contribution in [3.63, 3.8) is 0 Å². The predicted molar refractivity (Wildman–Crippen MR) is 107 cm³/mol. The molecule has 0 aliphatic heterocycles. The van der Waals surface area contributed by atoms with Gasteiger partial charge in [0.25, 0.3) is 0 Å². The van der Waals surface area contributed by atoms with Crippen LogP contribution in [-0.2, 0) is 11.2 Å². The number of ether oxygens (including phenoxy) is 1. The molecule has 0 saturated heterocycles. The molecule has 0 fully saturated rings. The molecule has 4 nitrogen and oxygen atoms in total. The smallest absolute Gasteiger partial charge is 0.410 e. The Labute approximate surface area is 164 Å². The van der Waals surface area contributed by atoms with Gasteiger partial charge < -0.3 is 14.7 Å². The summed E-state index contributed by atoms with van der Waals surface area (Å²) in [6, 6.07) is 9.76. The molecule has 0 heterocycles. The molecule has 2 rings (SSSR count). The van der Waals surface area contributed by atoms with Crippen LogP contribution in [0.1, 0.15) is 32.8 Å². The maximum Gasteiger partial charge on any atom is 0.410 e. The predicted octanol–water partition coefficient (Wildman–Crippen LogP) is 5.31. The first-order valence-corrected chi connectivity index (χ1v) is 9.41. The summed E-state index contributed by atoms with van der Waals surface area (Å²) in [5.74, 6) is 0. The lowest BCUT2D eigenvalue weighted by Crippen LogP contribution is -2.38. The maximum atomic E-state index is 12.4. The third-order valence-corrected chi connectivity index (χ3v) is 4.57. The highest BCUT2D eigenvalue weighted by atomic mass is 35.5. The second-order valence-corrected chi connectivity index (χ2v) is 8.06. The lowest BCUT2D eigenvalue weighted by molar-refractivity contribution is 0.0243. The number of amides is 1. The highest BCUT2D eigenvalue weighted by molar-refractivity contribution is 6.42. The van der Waals surface area contributed by atoms with E-state index in [2.05, 4.69) is 6.07 Å². The van der Waals surface area contributed by atoms with E-state index < -0.39 is 5.60 Å². The first-order chi connectivity index (χ1) is 12.2. The van der Waals surface area contributed by atoms with Gasteiger partial charge in [-0.05, 0) is 62.1 Å². The van der Waals surface area contributed by atoms with Gasteiger partial charge in [0.1, 0.15) is 5.60 Å². The zero-order valence-corrected chi connectivity index (χ0v) is 16.9. The number of hydrogen-bond acceptors (Lipinski definition) is 3. The van der Waals surface area contributed by atoms with Crippen LogP contribution in [0.15, 0.2) is 30.3 Å². The van der Waals surface area contributed by atoms with Crippen molar-refractivity contribution in [3.8, 4) is 0 Å². The van der Waals surface area contributed by atoms with E-state index in [1.807, 2.05) is 45.0 Å². The minimum Gasteiger partial charge on any atom is -0.444 e. The SMILES string of the molecule is CC(C)(C)OC(=O)N(CCCO)CCc1ccc2cc(Cl)c(Cl)cc2c1. The van der Waals surface area contributed by atoms with E-state index in [0.717, 1.165) is 16.3 Å². The van der Waals surface area contributed by atoms with Crippen LogP contribution in [0.4, 0.5) is 4.79 Å². The summed E-state index contributed by atoms with van der Waals surface area (Å²) >= 11 is 12.2. The Morgan fingerprint density at radius 3 is 2.35 bits per heavy atom. The van der Waals surface area contributed by atoms with Gasteiger partial charge in [0.2, 0.25) is 0 Å². The number of benzene rings is 2. The Kier molecular flexibility index (Phi) is 7.16. The summed E-state index contributed by atoms with van der Waals surface area (Å²) in [6.45, 7) is 6.53. The standard InChI is InChI=1S/C20H25Cl2NO3/c1-20(2,3)26-19(25)23(8-4-10-24)9-7-14-5-6-15-12-17(21)18(22)13-16(15)11-14/h5-6,11-13,24H,4,7-10H2,1-3H3. The van der Waals surface area contributed by atoms with Gasteiger partial charge in [-0.3, -0.25) is 0 Å². The molecule has 2 aromatic rings. The number of carbonyl (C=O) groups is 1. The van der Waals surface area contributed by atoms with Crippen molar-refractivity contribution in [2.45, 2.75) is 39.2 Å². The second-order valence-electron chi connectivity index (χ2n) is 7.24. The van der Waals surface area contributed by atoms with Crippen LogP contribution in [0.2, 0.25) is 10.0 Å². The van der Waals surface area contributed by atoms with Gasteiger partial charge in [-0.1, -0.05) is 41.4 Å². The molecule has 0 aromatic heterocycles. The normalized spacial score (nSPS) is 11.6. The minimum atomic E-state index is -0.548. The summed E-state index contributed by atoms with van der Waals surface area (Å²) in [5, 5.41) is 12.2. The number of aliphatic hydroxyl groups excluding tert-OH is 1. The number of carbonyl (C=O) groups excluding carboxylic acids is 1. The fourth-order valence-corrected chi connectivity index (χ4v) is 2.94. The van der Waals surface area contributed by atoms with Crippen LogP contribution in [0.5, 0.6) is 0 Å². The Bertz CT molecular complexity index is 771. The Morgan fingerprint density at radius 2 is 1.73 bits per heavy atom. The van der Waals surface area contributed by atoms with E-state index in [1.165, 1.54) is 0 Å². The molecule has 0 aliphatic rings. The van der Waals surface area contributed by atoms with Crippen molar-refractivity contribution in [1.29, 1.82) is 0 Å². The molecule has 2 aromatic carbocycles. The zero-order valence-electron chi connectivity index (χ0n) is 15.4. The van der Waals surface area contributed by atoms with Crippen molar-refractivity contribution in [2.75, 3.05) is 19.7 Å². The summed E-state index contributed by atoms with van der Waals surface area (Å²) in [7, 11) is 0. The van der Waals surface area contributed by atoms with Gasteiger partial charge >= 0.3 is 6.09 Å². The summed E-state index contributed by atoms with van der Waals surface area (Å²) in [6.07, 6.45) is 0.841. The third-order valence-electron chi connectivity index (χ3n) is 3.85. The van der Waals surface area contributed by atoms with Gasteiger partial charge in [-0.2, -0.15) is 0 Å². The number of hydrogen-bond donors (Lipinski definition) is 1. The van der Waals surface area contributed by atoms with Gasteiger partial charge in [-0.25, -0.2) is 4.79 Å². The van der Waals surface area contributed by atoms with E-state index in [4.69, 9.17) is 33.0 Å². The summed E-state index contributed by atoms with van der Waals surface area (Å²) in [5.41, 5.74) is 0.543. The van der Waals surface area contributed by atoms with E-state index in [9.17, 15) is 4.79 Å². The van der Waals surface area contributed by atoms with Crippen molar-refractivity contribution in [2.24, 2.45) is 0 Å². The third kappa shape index (κ3) is 6.04. The lowest BCUT2D eigenvalue weighted by Gasteiger charge is -2.27. The quantitative estimate of drug-likeness (QED) is 0.718. The average Bonchev–Trinajstić information content (AvgIpc) is 2.54. The fourth-order valence-electron chi connectivity index (χ4n) is 2.59. The molecule has 0 radical (unpaired) electrons. The molecule has 1 N–H and O–H groups in total. The number of nitrogens with zero attached hydrogens (tertiary/aromatic N) is 1. The summed E-state index contributed by atoms with van der Waals surface area (Å²) < 4.78 is 5.46. The number of halogens is 2. The molecule has 0 bridgehead atoms. The zero-order chi connectivity index (χ0) is 19.3. The monoisotopic (exact) mass is 397 g/mol. The molecule has 142 valence electrons. The highest BCUT2D eigenvalue weighted by Crippen LogP contribution is 2.28. The van der Waals surface area contributed by atoms with Gasteiger partial charge in [0, 0.05) is 19.7 Å².